The van der Waals surface area contributed by atoms with Gasteiger partial charge in [0.15, 0.2) is 11.3 Å². The molecule has 1 aromatic carbocycles. The van der Waals surface area contributed by atoms with Crippen molar-refractivity contribution in [2.45, 2.75) is 19.4 Å². The number of phenolic OH excluding ortho intramolecular Hbond substituents is 1. The molecular formula is C19H15N3O3. The zero-order valence-corrected chi connectivity index (χ0v) is 14.0. The Bertz CT molecular complexity index is 916. The molecule has 2 rings (SSSR count). The Morgan fingerprint density at radius 1 is 1.20 bits per heavy atom. The van der Waals surface area contributed by atoms with Gasteiger partial charge in [-0.3, -0.25) is 0 Å². The summed E-state index contributed by atoms with van der Waals surface area (Å²) in [7, 11) is 1.52. The highest BCUT2D eigenvalue weighted by Crippen LogP contribution is 2.40. The van der Waals surface area contributed by atoms with Crippen molar-refractivity contribution in [1.29, 1.82) is 15.8 Å². The third-order valence-corrected chi connectivity index (χ3v) is 3.73. The molecule has 1 aromatic rings. The Morgan fingerprint density at radius 3 is 2.44 bits per heavy atom. The average molecular weight is 333 g/mol. The fourth-order valence-corrected chi connectivity index (χ4v) is 2.45. The van der Waals surface area contributed by atoms with E-state index in [1.165, 1.54) is 13.2 Å². The molecule has 1 aliphatic heterocycles. The number of nitriles is 3. The molecule has 0 fully saturated rings. The predicted octanol–water partition coefficient (Wildman–Crippen LogP) is 3.34. The minimum Gasteiger partial charge on any atom is -0.507 e. The highest BCUT2D eigenvalue weighted by atomic mass is 16.5. The zero-order chi connectivity index (χ0) is 18.6. The van der Waals surface area contributed by atoms with Gasteiger partial charge in [0.2, 0.25) is 0 Å². The fourth-order valence-electron chi connectivity index (χ4n) is 2.45. The molecule has 0 atom stereocenters. The number of methoxy groups -OCH3 is 1. The van der Waals surface area contributed by atoms with Gasteiger partial charge in [-0.1, -0.05) is 12.2 Å². The van der Waals surface area contributed by atoms with E-state index in [2.05, 4.69) is 0 Å². The second-order valence-electron chi connectivity index (χ2n) is 5.70. The molecule has 1 N–H and O–H groups in total. The first-order valence-corrected chi connectivity index (χ1v) is 7.31. The van der Waals surface area contributed by atoms with E-state index in [0.717, 1.165) is 0 Å². The molecule has 0 saturated carbocycles. The summed E-state index contributed by atoms with van der Waals surface area (Å²) >= 11 is 0. The Morgan fingerprint density at radius 2 is 1.88 bits per heavy atom. The summed E-state index contributed by atoms with van der Waals surface area (Å²) in [4.78, 5) is 0. The number of nitrogens with zero attached hydrogens (tertiary/aromatic N) is 3. The summed E-state index contributed by atoms with van der Waals surface area (Å²) in [5, 5.41) is 37.5. The van der Waals surface area contributed by atoms with Crippen LogP contribution in [-0.2, 0) is 4.74 Å². The van der Waals surface area contributed by atoms with Crippen LogP contribution in [0.3, 0.4) is 0 Å². The van der Waals surface area contributed by atoms with E-state index in [1.807, 2.05) is 6.07 Å². The number of aromatic hydroxyl groups is 1. The van der Waals surface area contributed by atoms with E-state index in [1.54, 1.807) is 50.3 Å². The minimum atomic E-state index is -0.898. The molecule has 0 amide bonds. The number of benzene rings is 1. The predicted molar refractivity (Wildman–Crippen MR) is 89.7 cm³/mol. The number of allylic oxidation sites excluding steroid dienone is 2. The molecule has 124 valence electrons. The summed E-state index contributed by atoms with van der Waals surface area (Å²) < 4.78 is 10.8. The van der Waals surface area contributed by atoms with Gasteiger partial charge in [-0.05, 0) is 32.0 Å². The highest BCUT2D eigenvalue weighted by molar-refractivity contribution is 5.66. The largest absolute Gasteiger partial charge is 0.507 e. The lowest BCUT2D eigenvalue weighted by molar-refractivity contribution is 0.0954. The van der Waals surface area contributed by atoms with Gasteiger partial charge < -0.3 is 14.6 Å². The maximum atomic E-state index is 9.96. The van der Waals surface area contributed by atoms with Crippen molar-refractivity contribution in [1.82, 2.24) is 0 Å². The molecule has 0 bridgehead atoms. The van der Waals surface area contributed by atoms with Gasteiger partial charge in [0.05, 0.1) is 7.11 Å². The van der Waals surface area contributed by atoms with Crippen LogP contribution in [0.25, 0.3) is 6.08 Å². The van der Waals surface area contributed by atoms with Crippen LogP contribution in [0.5, 0.6) is 11.5 Å². The molecule has 0 unspecified atom stereocenters. The van der Waals surface area contributed by atoms with Gasteiger partial charge in [0.1, 0.15) is 40.9 Å². The minimum absolute atomic E-state index is 0.0213. The SMILES string of the molecule is COc1ccc(O)c(/C=C/C2=C(C#N)C(=C(C#N)C#N)OC2(C)C)c1. The van der Waals surface area contributed by atoms with Gasteiger partial charge in [-0.15, -0.1) is 0 Å². The van der Waals surface area contributed by atoms with Crippen LogP contribution in [0.15, 0.2) is 46.8 Å². The lowest BCUT2D eigenvalue weighted by Crippen LogP contribution is -2.20. The van der Waals surface area contributed by atoms with E-state index in [-0.39, 0.29) is 22.7 Å². The van der Waals surface area contributed by atoms with Crippen molar-refractivity contribution >= 4 is 6.08 Å². The van der Waals surface area contributed by atoms with E-state index in [9.17, 15) is 10.4 Å². The summed E-state index contributed by atoms with van der Waals surface area (Å²) in [6.07, 6.45) is 3.25. The molecule has 0 saturated heterocycles. The van der Waals surface area contributed by atoms with Crippen LogP contribution in [0.2, 0.25) is 0 Å². The van der Waals surface area contributed by atoms with E-state index < -0.39 is 5.60 Å². The maximum absolute atomic E-state index is 9.96. The van der Waals surface area contributed by atoms with Crippen molar-refractivity contribution in [2.24, 2.45) is 0 Å². The van der Waals surface area contributed by atoms with Crippen LogP contribution in [-0.4, -0.2) is 17.8 Å². The van der Waals surface area contributed by atoms with Gasteiger partial charge in [-0.25, -0.2) is 0 Å². The third-order valence-electron chi connectivity index (χ3n) is 3.73. The Labute approximate surface area is 145 Å². The standard InChI is InChI=1S/C19H15N3O3/c1-19(2)16(15(11-22)18(25-19)13(9-20)10-21)6-4-12-8-14(24-3)5-7-17(12)23/h4-8,23H,1-3H3/b6-4+. The molecule has 25 heavy (non-hydrogen) atoms. The van der Waals surface area contributed by atoms with Crippen molar-refractivity contribution in [2.75, 3.05) is 7.11 Å². The molecule has 0 aromatic heterocycles. The summed E-state index contributed by atoms with van der Waals surface area (Å²) in [6.45, 7) is 3.46. The molecule has 0 radical (unpaired) electrons. The number of phenols is 1. The average Bonchev–Trinajstić information content (AvgIpc) is 2.85. The van der Waals surface area contributed by atoms with Gasteiger partial charge in [0.25, 0.3) is 0 Å². The Kier molecular flexibility index (Phi) is 4.82. The van der Waals surface area contributed by atoms with Crippen molar-refractivity contribution < 1.29 is 14.6 Å². The van der Waals surface area contributed by atoms with Crippen LogP contribution < -0.4 is 4.74 Å². The maximum Gasteiger partial charge on any atom is 0.172 e. The Hall–Kier alpha value is -3.69. The Balaban J connectivity index is 2.58. The summed E-state index contributed by atoms with van der Waals surface area (Å²) in [5.41, 5.74) is -0.0167. The van der Waals surface area contributed by atoms with Crippen LogP contribution in [0.4, 0.5) is 0 Å². The van der Waals surface area contributed by atoms with Crippen molar-refractivity contribution in [3.63, 3.8) is 0 Å². The number of rotatable bonds is 3. The normalized spacial score (nSPS) is 15.3. The molecule has 0 aliphatic carbocycles. The lowest BCUT2D eigenvalue weighted by atomic mass is 9.94. The summed E-state index contributed by atoms with van der Waals surface area (Å²) in [6, 6.07) is 10.3. The topological polar surface area (TPSA) is 110 Å². The first kappa shape index (κ1) is 17.7. The van der Waals surface area contributed by atoms with Gasteiger partial charge in [-0.2, -0.15) is 15.8 Å². The molecular weight excluding hydrogens is 318 g/mol. The zero-order valence-electron chi connectivity index (χ0n) is 14.0. The van der Waals surface area contributed by atoms with Gasteiger partial charge >= 0.3 is 0 Å². The van der Waals surface area contributed by atoms with E-state index in [0.29, 0.717) is 16.9 Å². The van der Waals surface area contributed by atoms with Crippen LogP contribution >= 0.6 is 0 Å². The quantitative estimate of drug-likeness (QED) is 0.849. The molecule has 1 heterocycles. The molecule has 1 aliphatic rings. The second kappa shape index (κ2) is 6.83. The summed E-state index contributed by atoms with van der Waals surface area (Å²) in [5.74, 6) is 0.607. The molecule has 0 spiro atoms. The first-order valence-electron chi connectivity index (χ1n) is 7.31. The number of ether oxygens (including phenoxy) is 2. The van der Waals surface area contributed by atoms with E-state index in [4.69, 9.17) is 20.0 Å². The second-order valence-corrected chi connectivity index (χ2v) is 5.70. The highest BCUT2D eigenvalue weighted by Gasteiger charge is 2.38. The third kappa shape index (κ3) is 3.32. The first-order chi connectivity index (χ1) is 11.9. The fraction of sp³-hybridized carbons (Fsp3) is 0.211. The van der Waals surface area contributed by atoms with Crippen LogP contribution in [0.1, 0.15) is 19.4 Å². The lowest BCUT2D eigenvalue weighted by Gasteiger charge is -2.20. The molecule has 6 nitrogen and oxygen atoms in total. The number of hydrogen-bond donors (Lipinski definition) is 1. The van der Waals surface area contributed by atoms with Crippen molar-refractivity contribution in [3.05, 3.63) is 52.3 Å². The number of hydrogen-bond acceptors (Lipinski definition) is 6. The monoisotopic (exact) mass is 333 g/mol. The van der Waals surface area contributed by atoms with E-state index >= 15 is 0 Å². The molecule has 6 heteroatoms. The van der Waals surface area contributed by atoms with Crippen molar-refractivity contribution in [3.8, 4) is 29.7 Å². The smallest absolute Gasteiger partial charge is 0.172 e. The van der Waals surface area contributed by atoms with Gasteiger partial charge in [0, 0.05) is 11.1 Å². The van der Waals surface area contributed by atoms with Crippen LogP contribution in [0, 0.1) is 34.0 Å².